The number of benzene rings is 1. The van der Waals surface area contributed by atoms with E-state index in [1.807, 2.05) is 31.2 Å². The molecular formula is C11H15ClO2. The molecule has 1 rings (SSSR count). The number of ether oxygens (including phenoxy) is 2. The predicted octanol–water partition coefficient (Wildman–Crippen LogP) is 2.95. The molecule has 3 heteroatoms. The first-order valence-electron chi connectivity index (χ1n) is 4.59. The molecule has 0 radical (unpaired) electrons. The molecule has 0 heterocycles. The normalized spacial score (nSPS) is 12.2. The Morgan fingerprint density at radius 3 is 2.71 bits per heavy atom. The van der Waals surface area contributed by atoms with E-state index in [0.717, 1.165) is 11.5 Å². The Morgan fingerprint density at radius 1 is 1.36 bits per heavy atom. The first-order chi connectivity index (χ1) is 6.76. The van der Waals surface area contributed by atoms with E-state index in [1.54, 1.807) is 7.11 Å². The second-order valence-corrected chi connectivity index (χ2v) is 3.56. The summed E-state index contributed by atoms with van der Waals surface area (Å²) in [5, 5.41) is 0. The minimum Gasteiger partial charge on any atom is -0.497 e. The van der Waals surface area contributed by atoms with Crippen molar-refractivity contribution in [3.63, 3.8) is 0 Å². The van der Waals surface area contributed by atoms with Crippen molar-refractivity contribution in [1.82, 2.24) is 0 Å². The summed E-state index contributed by atoms with van der Waals surface area (Å²) in [6, 6.07) is 7.56. The Bertz CT molecular complexity index is 276. The summed E-state index contributed by atoms with van der Waals surface area (Å²) in [7, 11) is 1.64. The highest BCUT2D eigenvalue weighted by Gasteiger charge is 2.01. The number of hydrogen-bond donors (Lipinski definition) is 0. The Hall–Kier alpha value is -0.890. The minimum absolute atomic E-state index is 0.364. The van der Waals surface area contributed by atoms with Crippen molar-refractivity contribution < 1.29 is 9.47 Å². The third-order valence-electron chi connectivity index (χ3n) is 1.84. The van der Waals surface area contributed by atoms with Gasteiger partial charge in [0.1, 0.15) is 11.5 Å². The summed E-state index contributed by atoms with van der Waals surface area (Å²) in [6.45, 7) is 2.68. The lowest BCUT2D eigenvalue weighted by Gasteiger charge is -2.10. The van der Waals surface area contributed by atoms with Crippen molar-refractivity contribution in [2.45, 2.75) is 6.92 Å². The minimum atomic E-state index is 0.364. The molecule has 0 N–H and O–H groups in total. The molecule has 1 unspecified atom stereocenters. The van der Waals surface area contributed by atoms with Crippen molar-refractivity contribution in [3.05, 3.63) is 24.3 Å². The van der Waals surface area contributed by atoms with Crippen LogP contribution in [-0.2, 0) is 0 Å². The van der Waals surface area contributed by atoms with Crippen LogP contribution in [0.25, 0.3) is 0 Å². The molecule has 1 aromatic carbocycles. The van der Waals surface area contributed by atoms with Gasteiger partial charge >= 0.3 is 0 Å². The lowest BCUT2D eigenvalue weighted by atomic mass is 10.2. The van der Waals surface area contributed by atoms with E-state index in [2.05, 4.69) is 0 Å². The van der Waals surface area contributed by atoms with E-state index in [-0.39, 0.29) is 0 Å². The van der Waals surface area contributed by atoms with Crippen LogP contribution >= 0.6 is 11.6 Å². The van der Waals surface area contributed by atoms with Crippen LogP contribution < -0.4 is 9.47 Å². The maximum atomic E-state index is 5.67. The van der Waals surface area contributed by atoms with E-state index >= 15 is 0 Å². The Morgan fingerprint density at radius 2 is 2.07 bits per heavy atom. The average molecular weight is 215 g/mol. The average Bonchev–Trinajstić information content (AvgIpc) is 2.26. The molecule has 1 aromatic rings. The zero-order chi connectivity index (χ0) is 10.4. The van der Waals surface area contributed by atoms with Crippen LogP contribution in [0.2, 0.25) is 0 Å². The van der Waals surface area contributed by atoms with Crippen molar-refractivity contribution >= 4 is 11.6 Å². The van der Waals surface area contributed by atoms with Crippen LogP contribution in [0.15, 0.2) is 24.3 Å². The van der Waals surface area contributed by atoms with Crippen molar-refractivity contribution in [1.29, 1.82) is 0 Å². The lowest BCUT2D eigenvalue weighted by Crippen LogP contribution is -2.09. The lowest BCUT2D eigenvalue weighted by molar-refractivity contribution is 0.271. The smallest absolute Gasteiger partial charge is 0.122 e. The van der Waals surface area contributed by atoms with Gasteiger partial charge in [-0.2, -0.15) is 0 Å². The van der Waals surface area contributed by atoms with Crippen molar-refractivity contribution in [3.8, 4) is 11.5 Å². The van der Waals surface area contributed by atoms with Gasteiger partial charge in [0.05, 0.1) is 13.7 Å². The van der Waals surface area contributed by atoms with Gasteiger partial charge in [0.2, 0.25) is 0 Å². The molecule has 0 amide bonds. The maximum absolute atomic E-state index is 5.67. The summed E-state index contributed by atoms with van der Waals surface area (Å²) < 4.78 is 10.6. The second-order valence-electron chi connectivity index (χ2n) is 3.25. The molecule has 14 heavy (non-hydrogen) atoms. The zero-order valence-corrected chi connectivity index (χ0v) is 9.25. The van der Waals surface area contributed by atoms with Gasteiger partial charge in [0.25, 0.3) is 0 Å². The van der Waals surface area contributed by atoms with Gasteiger partial charge in [-0.15, -0.1) is 11.6 Å². The van der Waals surface area contributed by atoms with Gasteiger partial charge in [-0.1, -0.05) is 13.0 Å². The molecule has 1 atom stereocenters. The van der Waals surface area contributed by atoms with Gasteiger partial charge in [0.15, 0.2) is 0 Å². The third-order valence-corrected chi connectivity index (χ3v) is 2.37. The van der Waals surface area contributed by atoms with Crippen LogP contribution in [0, 0.1) is 5.92 Å². The number of alkyl halides is 1. The zero-order valence-electron chi connectivity index (χ0n) is 8.50. The second kappa shape index (κ2) is 5.76. The largest absolute Gasteiger partial charge is 0.497 e. The molecule has 0 aromatic heterocycles. The molecule has 0 saturated carbocycles. The van der Waals surface area contributed by atoms with E-state index in [9.17, 15) is 0 Å². The standard InChI is InChI=1S/C11H15ClO2/c1-9(7-12)8-14-11-5-3-4-10(6-11)13-2/h3-6,9H,7-8H2,1-2H3. The summed E-state index contributed by atoms with van der Waals surface area (Å²) in [5.41, 5.74) is 0. The Balaban J connectivity index is 2.50. The molecule has 2 nitrogen and oxygen atoms in total. The van der Waals surface area contributed by atoms with Crippen molar-refractivity contribution in [2.75, 3.05) is 19.6 Å². The number of methoxy groups -OCH3 is 1. The highest BCUT2D eigenvalue weighted by atomic mass is 35.5. The third kappa shape index (κ3) is 3.46. The molecule has 0 aliphatic rings. The predicted molar refractivity (Wildman–Crippen MR) is 58.4 cm³/mol. The van der Waals surface area contributed by atoms with Crippen LogP contribution in [-0.4, -0.2) is 19.6 Å². The summed E-state index contributed by atoms with van der Waals surface area (Å²) >= 11 is 5.67. The molecule has 0 saturated heterocycles. The van der Waals surface area contributed by atoms with Crippen molar-refractivity contribution in [2.24, 2.45) is 5.92 Å². The van der Waals surface area contributed by atoms with Gasteiger partial charge < -0.3 is 9.47 Å². The molecule has 78 valence electrons. The fraction of sp³-hybridized carbons (Fsp3) is 0.455. The Labute approximate surface area is 89.8 Å². The first-order valence-corrected chi connectivity index (χ1v) is 5.12. The molecule has 0 aliphatic carbocycles. The van der Waals surface area contributed by atoms with Crippen LogP contribution in [0.1, 0.15) is 6.92 Å². The molecule has 0 aliphatic heterocycles. The molecular weight excluding hydrogens is 200 g/mol. The van der Waals surface area contributed by atoms with Crippen LogP contribution in [0.4, 0.5) is 0 Å². The summed E-state index contributed by atoms with van der Waals surface area (Å²) in [4.78, 5) is 0. The van der Waals surface area contributed by atoms with E-state index in [1.165, 1.54) is 0 Å². The molecule has 0 bridgehead atoms. The van der Waals surface area contributed by atoms with Gasteiger partial charge in [0, 0.05) is 17.9 Å². The topological polar surface area (TPSA) is 18.5 Å². The van der Waals surface area contributed by atoms with E-state index in [0.29, 0.717) is 18.4 Å². The first kappa shape index (κ1) is 11.2. The SMILES string of the molecule is COc1cccc(OCC(C)CCl)c1. The van der Waals surface area contributed by atoms with E-state index in [4.69, 9.17) is 21.1 Å². The molecule has 0 spiro atoms. The van der Waals surface area contributed by atoms with E-state index < -0.39 is 0 Å². The number of hydrogen-bond acceptors (Lipinski definition) is 2. The Kier molecular flexibility index (Phi) is 4.60. The number of rotatable bonds is 5. The highest BCUT2D eigenvalue weighted by Crippen LogP contribution is 2.19. The van der Waals surface area contributed by atoms with Gasteiger partial charge in [-0.3, -0.25) is 0 Å². The molecule has 0 fully saturated rings. The van der Waals surface area contributed by atoms with Crippen LogP contribution in [0.3, 0.4) is 0 Å². The number of halogens is 1. The quantitative estimate of drug-likeness (QED) is 0.702. The maximum Gasteiger partial charge on any atom is 0.122 e. The van der Waals surface area contributed by atoms with Crippen LogP contribution in [0.5, 0.6) is 11.5 Å². The highest BCUT2D eigenvalue weighted by molar-refractivity contribution is 6.18. The monoisotopic (exact) mass is 214 g/mol. The summed E-state index contributed by atoms with van der Waals surface area (Å²) in [6.07, 6.45) is 0. The fourth-order valence-electron chi connectivity index (χ4n) is 0.974. The van der Waals surface area contributed by atoms with Gasteiger partial charge in [-0.05, 0) is 12.1 Å². The van der Waals surface area contributed by atoms with Gasteiger partial charge in [-0.25, -0.2) is 0 Å². The fourth-order valence-corrected chi connectivity index (χ4v) is 1.06. The summed E-state index contributed by atoms with van der Waals surface area (Å²) in [5.74, 6) is 2.61.